The number of nitrogens with one attached hydrogen (secondary N) is 3. The maximum Gasteiger partial charge on any atom is 0.241 e. The SMILES string of the molecule is CCNC(=O)CN=C(NCC)NCC(CC)Oc1cccc(F)c1. The molecule has 1 aromatic carbocycles. The van der Waals surface area contributed by atoms with E-state index in [1.54, 1.807) is 12.1 Å². The van der Waals surface area contributed by atoms with E-state index in [9.17, 15) is 9.18 Å². The van der Waals surface area contributed by atoms with Crippen molar-refractivity contribution in [3.05, 3.63) is 30.1 Å². The molecule has 0 spiro atoms. The highest BCUT2D eigenvalue weighted by Gasteiger charge is 2.10. The second-order valence-electron chi connectivity index (χ2n) is 5.14. The number of rotatable bonds is 9. The quantitative estimate of drug-likeness (QED) is 0.473. The van der Waals surface area contributed by atoms with Gasteiger partial charge in [0.25, 0.3) is 0 Å². The van der Waals surface area contributed by atoms with Gasteiger partial charge in [0, 0.05) is 19.2 Å². The number of carbonyl (C=O) groups is 1. The van der Waals surface area contributed by atoms with Crippen LogP contribution in [0.1, 0.15) is 27.2 Å². The number of guanidine groups is 1. The first-order valence-corrected chi connectivity index (χ1v) is 8.30. The third kappa shape index (κ3) is 7.80. The molecule has 0 saturated heterocycles. The number of benzene rings is 1. The number of ether oxygens (including phenoxy) is 1. The zero-order valence-corrected chi connectivity index (χ0v) is 14.6. The van der Waals surface area contributed by atoms with Crippen LogP contribution in [0.5, 0.6) is 5.75 Å². The first-order valence-electron chi connectivity index (χ1n) is 8.30. The summed E-state index contributed by atoms with van der Waals surface area (Å²) in [6, 6.07) is 6.07. The molecule has 1 amide bonds. The summed E-state index contributed by atoms with van der Waals surface area (Å²) in [6.07, 6.45) is 0.610. The Hall–Kier alpha value is -2.31. The van der Waals surface area contributed by atoms with Gasteiger partial charge < -0.3 is 20.7 Å². The van der Waals surface area contributed by atoms with Crippen molar-refractivity contribution in [2.75, 3.05) is 26.2 Å². The summed E-state index contributed by atoms with van der Waals surface area (Å²) < 4.78 is 19.0. The lowest BCUT2D eigenvalue weighted by molar-refractivity contribution is -0.119. The fourth-order valence-corrected chi connectivity index (χ4v) is 1.96. The third-order valence-corrected chi connectivity index (χ3v) is 3.15. The molecule has 1 rings (SSSR count). The summed E-state index contributed by atoms with van der Waals surface area (Å²) in [6.45, 7) is 7.62. The lowest BCUT2D eigenvalue weighted by Gasteiger charge is -2.20. The van der Waals surface area contributed by atoms with Crippen LogP contribution in [0.4, 0.5) is 4.39 Å². The number of carbonyl (C=O) groups excluding carboxylic acids is 1. The molecule has 1 aromatic rings. The highest BCUT2D eigenvalue weighted by atomic mass is 19.1. The Morgan fingerprint density at radius 3 is 2.58 bits per heavy atom. The Morgan fingerprint density at radius 1 is 1.21 bits per heavy atom. The van der Waals surface area contributed by atoms with E-state index in [1.807, 2.05) is 20.8 Å². The van der Waals surface area contributed by atoms with Crippen LogP contribution in [0.25, 0.3) is 0 Å². The third-order valence-electron chi connectivity index (χ3n) is 3.15. The Kier molecular flexibility index (Phi) is 9.26. The Bertz CT molecular complexity index is 537. The summed E-state index contributed by atoms with van der Waals surface area (Å²) in [4.78, 5) is 15.7. The standard InChI is InChI=1S/C17H27FN4O2/c1-4-14(24-15-9-7-8-13(18)10-15)11-21-17(20-6-3)22-12-16(23)19-5-2/h7-10,14H,4-6,11-12H2,1-3H3,(H,19,23)(H2,20,21,22). The minimum Gasteiger partial charge on any atom is -0.489 e. The van der Waals surface area contributed by atoms with Crippen molar-refractivity contribution < 1.29 is 13.9 Å². The number of halogens is 1. The van der Waals surface area contributed by atoms with Gasteiger partial charge in [0.15, 0.2) is 5.96 Å². The normalized spacial score (nSPS) is 12.4. The van der Waals surface area contributed by atoms with Gasteiger partial charge in [-0.25, -0.2) is 9.38 Å². The zero-order chi connectivity index (χ0) is 17.8. The highest BCUT2D eigenvalue weighted by molar-refractivity contribution is 5.84. The monoisotopic (exact) mass is 338 g/mol. The predicted molar refractivity (Wildman–Crippen MR) is 93.8 cm³/mol. The van der Waals surface area contributed by atoms with Crippen molar-refractivity contribution in [1.82, 2.24) is 16.0 Å². The molecule has 3 N–H and O–H groups in total. The largest absolute Gasteiger partial charge is 0.489 e. The van der Waals surface area contributed by atoms with Crippen LogP contribution in [-0.4, -0.2) is 44.1 Å². The number of likely N-dealkylation sites (N-methyl/N-ethyl adjacent to an activating group) is 1. The second-order valence-corrected chi connectivity index (χ2v) is 5.14. The smallest absolute Gasteiger partial charge is 0.241 e. The van der Waals surface area contributed by atoms with Crippen LogP contribution >= 0.6 is 0 Å². The van der Waals surface area contributed by atoms with E-state index < -0.39 is 0 Å². The number of aliphatic imine (C=N–C) groups is 1. The molecule has 0 fully saturated rings. The zero-order valence-electron chi connectivity index (χ0n) is 14.6. The Labute approximate surface area is 142 Å². The van der Waals surface area contributed by atoms with Crippen molar-refractivity contribution in [2.45, 2.75) is 33.3 Å². The second kappa shape index (κ2) is 11.3. The number of hydrogen-bond donors (Lipinski definition) is 3. The van der Waals surface area contributed by atoms with Crippen LogP contribution in [0, 0.1) is 5.82 Å². The van der Waals surface area contributed by atoms with Crippen LogP contribution in [0.15, 0.2) is 29.3 Å². The lowest BCUT2D eigenvalue weighted by atomic mass is 10.2. The van der Waals surface area contributed by atoms with Crippen LogP contribution < -0.4 is 20.7 Å². The molecule has 0 aromatic heterocycles. The van der Waals surface area contributed by atoms with Gasteiger partial charge in [0.05, 0.1) is 6.54 Å². The average Bonchev–Trinajstić information content (AvgIpc) is 2.56. The molecule has 6 nitrogen and oxygen atoms in total. The molecule has 0 aliphatic rings. The van der Waals surface area contributed by atoms with Gasteiger partial charge in [-0.3, -0.25) is 4.79 Å². The molecule has 0 aliphatic carbocycles. The van der Waals surface area contributed by atoms with Crippen LogP contribution in [-0.2, 0) is 4.79 Å². The minimum absolute atomic E-state index is 0.0602. The molecule has 7 heteroatoms. The molecular weight excluding hydrogens is 311 g/mol. The lowest BCUT2D eigenvalue weighted by Crippen LogP contribution is -2.43. The van der Waals surface area contributed by atoms with Crippen molar-refractivity contribution in [1.29, 1.82) is 0 Å². The number of amides is 1. The number of nitrogens with zero attached hydrogens (tertiary/aromatic N) is 1. The maximum atomic E-state index is 13.2. The summed E-state index contributed by atoms with van der Waals surface area (Å²) >= 11 is 0. The van der Waals surface area contributed by atoms with Gasteiger partial charge in [-0.1, -0.05) is 13.0 Å². The molecule has 24 heavy (non-hydrogen) atoms. The minimum atomic E-state index is -0.327. The van der Waals surface area contributed by atoms with Gasteiger partial charge >= 0.3 is 0 Å². The van der Waals surface area contributed by atoms with Crippen molar-refractivity contribution >= 4 is 11.9 Å². The molecule has 0 bridgehead atoms. The fourth-order valence-electron chi connectivity index (χ4n) is 1.96. The molecule has 0 heterocycles. The van der Waals surface area contributed by atoms with E-state index in [1.165, 1.54) is 12.1 Å². The van der Waals surface area contributed by atoms with Gasteiger partial charge in [-0.15, -0.1) is 0 Å². The van der Waals surface area contributed by atoms with E-state index in [0.29, 0.717) is 31.3 Å². The Morgan fingerprint density at radius 2 is 1.96 bits per heavy atom. The molecular formula is C17H27FN4O2. The van der Waals surface area contributed by atoms with Crippen molar-refractivity contribution in [3.8, 4) is 5.75 Å². The van der Waals surface area contributed by atoms with Crippen molar-refractivity contribution in [3.63, 3.8) is 0 Å². The fraction of sp³-hybridized carbons (Fsp3) is 0.529. The van der Waals surface area contributed by atoms with Gasteiger partial charge in [-0.05, 0) is 32.4 Å². The van der Waals surface area contributed by atoms with Gasteiger partial charge in [0.2, 0.25) is 5.91 Å². The van der Waals surface area contributed by atoms with E-state index >= 15 is 0 Å². The number of hydrogen-bond acceptors (Lipinski definition) is 3. The van der Waals surface area contributed by atoms with Crippen LogP contribution in [0.2, 0.25) is 0 Å². The Balaban J connectivity index is 2.56. The van der Waals surface area contributed by atoms with E-state index in [2.05, 4.69) is 20.9 Å². The van der Waals surface area contributed by atoms with Crippen LogP contribution in [0.3, 0.4) is 0 Å². The summed E-state index contributed by atoms with van der Waals surface area (Å²) in [5.74, 6) is 0.586. The molecule has 0 radical (unpaired) electrons. The highest BCUT2D eigenvalue weighted by Crippen LogP contribution is 2.14. The van der Waals surface area contributed by atoms with E-state index in [4.69, 9.17) is 4.74 Å². The molecule has 0 aliphatic heterocycles. The first kappa shape index (κ1) is 19.7. The van der Waals surface area contributed by atoms with Crippen molar-refractivity contribution in [2.24, 2.45) is 4.99 Å². The topological polar surface area (TPSA) is 74.8 Å². The predicted octanol–water partition coefficient (Wildman–Crippen LogP) is 1.67. The molecule has 134 valence electrons. The van der Waals surface area contributed by atoms with Gasteiger partial charge in [0.1, 0.15) is 24.2 Å². The van der Waals surface area contributed by atoms with E-state index in [0.717, 1.165) is 6.42 Å². The van der Waals surface area contributed by atoms with Gasteiger partial charge in [-0.2, -0.15) is 0 Å². The summed E-state index contributed by atoms with van der Waals surface area (Å²) in [7, 11) is 0. The molecule has 1 atom stereocenters. The molecule has 1 unspecified atom stereocenters. The average molecular weight is 338 g/mol. The molecule has 0 saturated carbocycles. The summed E-state index contributed by atoms with van der Waals surface area (Å²) in [5, 5.41) is 8.92. The maximum absolute atomic E-state index is 13.2. The summed E-state index contributed by atoms with van der Waals surface area (Å²) in [5.41, 5.74) is 0. The van der Waals surface area contributed by atoms with E-state index in [-0.39, 0.29) is 24.4 Å². The first-order chi connectivity index (χ1) is 11.6.